The van der Waals surface area contributed by atoms with Crippen molar-refractivity contribution < 1.29 is 24.2 Å². The fraction of sp³-hybridized carbons (Fsp3) is 0.400. The van der Waals surface area contributed by atoms with Gasteiger partial charge >= 0.3 is 11.9 Å². The van der Waals surface area contributed by atoms with E-state index in [9.17, 15) is 14.4 Å². The van der Waals surface area contributed by atoms with Crippen LogP contribution in [0.25, 0.3) is 11.1 Å². The molecule has 1 amide bonds. The summed E-state index contributed by atoms with van der Waals surface area (Å²) in [5.41, 5.74) is 3.24. The highest BCUT2D eigenvalue weighted by Gasteiger charge is 2.23. The van der Waals surface area contributed by atoms with Crippen molar-refractivity contribution in [1.82, 2.24) is 5.32 Å². The van der Waals surface area contributed by atoms with Crippen molar-refractivity contribution >= 4 is 17.8 Å². The lowest BCUT2D eigenvalue weighted by Gasteiger charge is -2.22. The molecule has 0 spiro atoms. The number of hydrogen-bond donors (Lipinski definition) is 2. The van der Waals surface area contributed by atoms with Crippen molar-refractivity contribution in [3.05, 3.63) is 60.2 Å². The Kier molecular flexibility index (Phi) is 9.25. The lowest BCUT2D eigenvalue weighted by Crippen LogP contribution is -2.40. The van der Waals surface area contributed by atoms with Crippen LogP contribution in [0.4, 0.5) is 0 Å². The summed E-state index contributed by atoms with van der Waals surface area (Å²) in [4.78, 5) is 35.5. The van der Waals surface area contributed by atoms with Crippen LogP contribution in [0, 0.1) is 11.8 Å². The van der Waals surface area contributed by atoms with Gasteiger partial charge in [0.1, 0.15) is 0 Å². The second-order valence-corrected chi connectivity index (χ2v) is 7.86. The third-order valence-electron chi connectivity index (χ3n) is 5.15. The Bertz CT molecular complexity index is 863. The molecule has 2 N–H and O–H groups in total. The average molecular weight is 426 g/mol. The SMILES string of the molecule is CCOC(=O)[C@H](C)C[C@@H](Cc1ccc(-c2ccccc2)cc1)NC(=O)CC(C)C(=O)O. The monoisotopic (exact) mass is 425 g/mol. The van der Waals surface area contributed by atoms with E-state index < -0.39 is 11.9 Å². The molecule has 0 aliphatic rings. The van der Waals surface area contributed by atoms with Crippen LogP contribution in [0.1, 0.15) is 39.2 Å². The number of carbonyl (C=O) groups is 3. The molecule has 0 bridgehead atoms. The molecule has 2 aromatic rings. The number of aliphatic carboxylic acids is 1. The summed E-state index contributed by atoms with van der Waals surface area (Å²) in [6.07, 6.45) is 0.838. The number of carbonyl (C=O) groups excluding carboxylic acids is 2. The fourth-order valence-corrected chi connectivity index (χ4v) is 3.40. The van der Waals surface area contributed by atoms with Crippen molar-refractivity contribution in [2.45, 2.75) is 46.1 Å². The average Bonchev–Trinajstić information content (AvgIpc) is 2.74. The summed E-state index contributed by atoms with van der Waals surface area (Å²) < 4.78 is 5.09. The molecule has 2 rings (SSSR count). The minimum atomic E-state index is -1.01. The van der Waals surface area contributed by atoms with Gasteiger partial charge in [-0.15, -0.1) is 0 Å². The third-order valence-corrected chi connectivity index (χ3v) is 5.15. The molecule has 6 heteroatoms. The van der Waals surface area contributed by atoms with E-state index in [1.54, 1.807) is 13.8 Å². The van der Waals surface area contributed by atoms with Crippen LogP contribution < -0.4 is 5.32 Å². The number of carboxylic acids is 1. The first kappa shape index (κ1) is 24.1. The molecule has 31 heavy (non-hydrogen) atoms. The van der Waals surface area contributed by atoms with Gasteiger partial charge in [-0.2, -0.15) is 0 Å². The molecule has 0 heterocycles. The van der Waals surface area contributed by atoms with E-state index in [4.69, 9.17) is 9.84 Å². The molecule has 0 aromatic heterocycles. The topological polar surface area (TPSA) is 92.7 Å². The first-order chi connectivity index (χ1) is 14.8. The maximum atomic E-state index is 12.4. The van der Waals surface area contributed by atoms with E-state index in [-0.39, 0.29) is 30.3 Å². The lowest BCUT2D eigenvalue weighted by molar-refractivity contribution is -0.148. The van der Waals surface area contributed by atoms with E-state index >= 15 is 0 Å². The van der Waals surface area contributed by atoms with E-state index in [1.165, 1.54) is 6.92 Å². The van der Waals surface area contributed by atoms with Gasteiger partial charge in [-0.25, -0.2) is 0 Å². The molecular formula is C25H31NO5. The summed E-state index contributed by atoms with van der Waals surface area (Å²) in [6.45, 7) is 5.33. The molecule has 166 valence electrons. The molecule has 2 aromatic carbocycles. The maximum Gasteiger partial charge on any atom is 0.308 e. The van der Waals surface area contributed by atoms with Crippen LogP contribution in [-0.4, -0.2) is 35.6 Å². The quantitative estimate of drug-likeness (QED) is 0.529. The molecular weight excluding hydrogens is 394 g/mol. The fourth-order valence-electron chi connectivity index (χ4n) is 3.40. The highest BCUT2D eigenvalue weighted by molar-refractivity contribution is 5.82. The number of rotatable bonds is 11. The van der Waals surface area contributed by atoms with Crippen molar-refractivity contribution in [2.75, 3.05) is 6.61 Å². The lowest BCUT2D eigenvalue weighted by atomic mass is 9.94. The largest absolute Gasteiger partial charge is 0.481 e. The van der Waals surface area contributed by atoms with Gasteiger partial charge in [-0.3, -0.25) is 14.4 Å². The van der Waals surface area contributed by atoms with Gasteiger partial charge in [0, 0.05) is 12.5 Å². The van der Waals surface area contributed by atoms with Crippen LogP contribution >= 0.6 is 0 Å². The molecule has 0 saturated carbocycles. The van der Waals surface area contributed by atoms with Crippen molar-refractivity contribution in [3.8, 4) is 11.1 Å². The van der Waals surface area contributed by atoms with Crippen LogP contribution in [0.5, 0.6) is 0 Å². The summed E-state index contributed by atoms with van der Waals surface area (Å²) >= 11 is 0. The molecule has 0 aliphatic heterocycles. The standard InChI is InChI=1S/C25H31NO5/c1-4-31-25(30)18(3)14-22(26-23(27)15-17(2)24(28)29)16-19-10-12-21(13-11-19)20-8-6-5-7-9-20/h5-13,17-18,22H,4,14-16H2,1-3H3,(H,26,27)(H,28,29)/t17?,18-,22+/m1/s1. The summed E-state index contributed by atoms with van der Waals surface area (Å²) in [5, 5.41) is 12.0. The highest BCUT2D eigenvalue weighted by atomic mass is 16.5. The van der Waals surface area contributed by atoms with Crippen molar-refractivity contribution in [2.24, 2.45) is 11.8 Å². The Morgan fingerprint density at radius 1 is 0.935 bits per heavy atom. The van der Waals surface area contributed by atoms with Gasteiger partial charge in [0.15, 0.2) is 0 Å². The number of amides is 1. The van der Waals surface area contributed by atoms with Gasteiger partial charge < -0.3 is 15.2 Å². The smallest absolute Gasteiger partial charge is 0.308 e. The van der Waals surface area contributed by atoms with Crippen LogP contribution in [0.3, 0.4) is 0 Å². The molecule has 6 nitrogen and oxygen atoms in total. The Hall–Kier alpha value is -3.15. The molecule has 0 fully saturated rings. The van der Waals surface area contributed by atoms with Crippen molar-refractivity contribution in [3.63, 3.8) is 0 Å². The zero-order valence-electron chi connectivity index (χ0n) is 18.3. The molecule has 3 atom stereocenters. The molecule has 1 unspecified atom stereocenters. The second kappa shape index (κ2) is 11.9. The highest BCUT2D eigenvalue weighted by Crippen LogP contribution is 2.21. The minimum absolute atomic E-state index is 0.105. The Labute approximate surface area is 183 Å². The van der Waals surface area contributed by atoms with E-state index in [0.29, 0.717) is 19.4 Å². The predicted octanol–water partition coefficient (Wildman–Crippen LogP) is 4.08. The number of carboxylic acid groups (broad SMARTS) is 1. The summed E-state index contributed by atoms with van der Waals surface area (Å²) in [7, 11) is 0. The van der Waals surface area contributed by atoms with Gasteiger partial charge in [0.05, 0.1) is 18.4 Å². The second-order valence-electron chi connectivity index (χ2n) is 7.86. The summed E-state index contributed by atoms with van der Waals surface area (Å²) in [5.74, 6) is -2.81. The Morgan fingerprint density at radius 2 is 1.55 bits per heavy atom. The number of ether oxygens (including phenoxy) is 1. The number of nitrogens with one attached hydrogen (secondary N) is 1. The zero-order valence-corrected chi connectivity index (χ0v) is 18.3. The number of hydrogen-bond acceptors (Lipinski definition) is 4. The predicted molar refractivity (Wildman–Crippen MR) is 119 cm³/mol. The van der Waals surface area contributed by atoms with Crippen LogP contribution in [0.2, 0.25) is 0 Å². The van der Waals surface area contributed by atoms with Crippen molar-refractivity contribution in [1.29, 1.82) is 0 Å². The maximum absolute atomic E-state index is 12.4. The Balaban J connectivity index is 2.10. The first-order valence-corrected chi connectivity index (χ1v) is 10.6. The van der Waals surface area contributed by atoms with Gasteiger partial charge in [-0.05, 0) is 36.5 Å². The summed E-state index contributed by atoms with van der Waals surface area (Å²) in [6, 6.07) is 17.8. The van der Waals surface area contributed by atoms with E-state index in [1.807, 2.05) is 54.6 Å². The van der Waals surface area contributed by atoms with Gasteiger partial charge in [0.25, 0.3) is 0 Å². The van der Waals surface area contributed by atoms with Gasteiger partial charge in [-0.1, -0.05) is 68.4 Å². The molecule has 0 saturated heterocycles. The van der Waals surface area contributed by atoms with E-state index in [0.717, 1.165) is 16.7 Å². The normalized spacial score (nSPS) is 13.6. The van der Waals surface area contributed by atoms with Crippen LogP contribution in [-0.2, 0) is 25.5 Å². The third kappa shape index (κ3) is 7.89. The number of esters is 1. The molecule has 0 aliphatic carbocycles. The van der Waals surface area contributed by atoms with Gasteiger partial charge in [0.2, 0.25) is 5.91 Å². The Morgan fingerprint density at radius 3 is 2.13 bits per heavy atom. The van der Waals surface area contributed by atoms with Crippen LogP contribution in [0.15, 0.2) is 54.6 Å². The van der Waals surface area contributed by atoms with E-state index in [2.05, 4.69) is 5.32 Å². The minimum Gasteiger partial charge on any atom is -0.481 e. The first-order valence-electron chi connectivity index (χ1n) is 10.6. The zero-order chi connectivity index (χ0) is 22.8. The molecule has 0 radical (unpaired) electrons. The number of benzene rings is 2.